The zero-order chi connectivity index (χ0) is 18.4. The molecule has 2 N–H and O–H groups in total. The number of halogens is 3. The largest absolute Gasteiger partial charge is 0.471 e. The summed E-state index contributed by atoms with van der Waals surface area (Å²) in [5.41, 5.74) is 0.383. The van der Waals surface area contributed by atoms with Crippen molar-refractivity contribution in [3.05, 3.63) is 35.7 Å². The molecule has 0 aliphatic rings. The lowest BCUT2D eigenvalue weighted by Gasteiger charge is -2.07. The number of hydrogen-bond donors (Lipinski definition) is 2. The fourth-order valence-corrected chi connectivity index (χ4v) is 1.77. The van der Waals surface area contributed by atoms with Gasteiger partial charge in [-0.2, -0.15) is 18.2 Å². The number of methoxy groups -OCH3 is 1. The van der Waals surface area contributed by atoms with E-state index in [1.807, 2.05) is 0 Å². The number of rotatable bonds is 5. The van der Waals surface area contributed by atoms with Crippen LogP contribution in [0.25, 0.3) is 11.4 Å². The number of nitrogens with one attached hydrogen (secondary N) is 2. The predicted octanol–water partition coefficient (Wildman–Crippen LogP) is 1.84. The molecule has 0 spiro atoms. The minimum atomic E-state index is -4.74. The lowest BCUT2D eigenvalue weighted by Crippen LogP contribution is -2.34. The van der Waals surface area contributed by atoms with Gasteiger partial charge in [-0.1, -0.05) is 17.3 Å². The van der Waals surface area contributed by atoms with Crippen LogP contribution in [0.5, 0.6) is 0 Å². The summed E-state index contributed by atoms with van der Waals surface area (Å²) in [5, 5.41) is 8.17. The molecule has 25 heavy (non-hydrogen) atoms. The van der Waals surface area contributed by atoms with Crippen LogP contribution in [0.3, 0.4) is 0 Å². The minimum Gasteiger partial charge on any atom is -0.453 e. The van der Waals surface area contributed by atoms with E-state index in [0.717, 1.165) is 0 Å². The summed E-state index contributed by atoms with van der Waals surface area (Å²) in [6.45, 7) is 0.288. The van der Waals surface area contributed by atoms with Gasteiger partial charge in [0.2, 0.25) is 5.82 Å². The normalized spacial score (nSPS) is 11.0. The van der Waals surface area contributed by atoms with Crippen LogP contribution >= 0.6 is 0 Å². The maximum Gasteiger partial charge on any atom is 0.471 e. The van der Waals surface area contributed by atoms with E-state index in [-0.39, 0.29) is 30.0 Å². The molecule has 0 radical (unpaired) electrons. The van der Waals surface area contributed by atoms with Gasteiger partial charge < -0.3 is 19.9 Å². The van der Waals surface area contributed by atoms with Gasteiger partial charge >= 0.3 is 18.2 Å². The summed E-state index contributed by atoms with van der Waals surface area (Å²) < 4.78 is 46.0. The molecule has 1 heterocycles. The summed E-state index contributed by atoms with van der Waals surface area (Å²) in [6.07, 6.45) is -5.37. The maximum atomic E-state index is 12.5. The summed E-state index contributed by atoms with van der Waals surface area (Å²) in [5.74, 6) is -2.23. The van der Waals surface area contributed by atoms with Crippen LogP contribution in [0, 0.1) is 0 Å². The Balaban J connectivity index is 2.02. The smallest absolute Gasteiger partial charge is 0.453 e. The van der Waals surface area contributed by atoms with Crippen LogP contribution in [-0.2, 0) is 10.9 Å². The number of alkyl carbamates (subject to hydrolysis) is 1. The van der Waals surface area contributed by atoms with Gasteiger partial charge in [-0.25, -0.2) is 4.79 Å². The quantitative estimate of drug-likeness (QED) is 0.790. The summed E-state index contributed by atoms with van der Waals surface area (Å²) in [6, 6.07) is 5.71. The highest BCUT2D eigenvalue weighted by atomic mass is 19.4. The highest BCUT2D eigenvalue weighted by Crippen LogP contribution is 2.29. The first kappa shape index (κ1) is 18.2. The van der Waals surface area contributed by atoms with Gasteiger partial charge in [0.25, 0.3) is 5.91 Å². The second-order valence-electron chi connectivity index (χ2n) is 4.68. The molecule has 0 aliphatic heterocycles. The number of amides is 2. The van der Waals surface area contributed by atoms with E-state index in [2.05, 4.69) is 30.0 Å². The maximum absolute atomic E-state index is 12.5. The highest BCUT2D eigenvalue weighted by Gasteiger charge is 2.38. The Kier molecular flexibility index (Phi) is 5.57. The number of aromatic nitrogens is 2. The Labute approximate surface area is 139 Å². The van der Waals surface area contributed by atoms with Crippen molar-refractivity contribution in [1.82, 2.24) is 20.8 Å². The van der Waals surface area contributed by atoms with E-state index in [0.29, 0.717) is 0 Å². The van der Waals surface area contributed by atoms with Crippen LogP contribution in [0.15, 0.2) is 28.8 Å². The Bertz CT molecular complexity index is 761. The van der Waals surface area contributed by atoms with Crippen molar-refractivity contribution in [2.75, 3.05) is 20.2 Å². The second-order valence-corrected chi connectivity index (χ2v) is 4.68. The number of ether oxygens (including phenoxy) is 1. The Morgan fingerprint density at radius 2 is 1.96 bits per heavy atom. The van der Waals surface area contributed by atoms with Crippen molar-refractivity contribution in [2.24, 2.45) is 0 Å². The average Bonchev–Trinajstić information content (AvgIpc) is 3.09. The van der Waals surface area contributed by atoms with Crippen molar-refractivity contribution in [2.45, 2.75) is 6.18 Å². The Hall–Kier alpha value is -3.11. The monoisotopic (exact) mass is 358 g/mol. The SMILES string of the molecule is COC(=O)NCCNC(=O)c1cccc(-c2noc(C(F)(F)F)n2)c1. The van der Waals surface area contributed by atoms with Crippen LogP contribution in [0.2, 0.25) is 0 Å². The number of carbonyl (C=O) groups is 2. The third-order valence-corrected chi connectivity index (χ3v) is 2.92. The Morgan fingerprint density at radius 1 is 1.24 bits per heavy atom. The molecule has 2 amide bonds. The van der Waals surface area contributed by atoms with Crippen LogP contribution in [0.1, 0.15) is 16.2 Å². The number of nitrogens with zero attached hydrogens (tertiary/aromatic N) is 2. The van der Waals surface area contributed by atoms with Gasteiger partial charge in [-0.3, -0.25) is 4.79 Å². The number of benzene rings is 1. The number of alkyl halides is 3. The number of hydrogen-bond acceptors (Lipinski definition) is 6. The van der Waals surface area contributed by atoms with Crippen molar-refractivity contribution in [3.8, 4) is 11.4 Å². The molecule has 11 heteroatoms. The molecule has 0 bridgehead atoms. The Morgan fingerprint density at radius 3 is 2.60 bits per heavy atom. The molecule has 0 atom stereocenters. The van der Waals surface area contributed by atoms with E-state index >= 15 is 0 Å². The topological polar surface area (TPSA) is 106 Å². The van der Waals surface area contributed by atoms with Crippen LogP contribution in [0.4, 0.5) is 18.0 Å². The fraction of sp³-hybridized carbons (Fsp3) is 0.286. The summed E-state index contributed by atoms with van der Waals surface area (Å²) in [4.78, 5) is 26.1. The molecule has 1 aromatic heterocycles. The molecule has 8 nitrogen and oxygen atoms in total. The van der Waals surface area contributed by atoms with E-state index in [9.17, 15) is 22.8 Å². The predicted molar refractivity (Wildman–Crippen MR) is 77.5 cm³/mol. The number of carbonyl (C=O) groups excluding carboxylic acids is 2. The van der Waals surface area contributed by atoms with Crippen molar-refractivity contribution in [1.29, 1.82) is 0 Å². The average molecular weight is 358 g/mol. The molecule has 2 rings (SSSR count). The highest BCUT2D eigenvalue weighted by molar-refractivity contribution is 5.95. The first-order chi connectivity index (χ1) is 11.8. The van der Waals surface area contributed by atoms with Crippen LogP contribution < -0.4 is 10.6 Å². The standard InChI is InChI=1S/C14H13F3N4O4/c1-24-13(23)19-6-5-18-11(22)9-4-2-3-8(7-9)10-20-12(25-21-10)14(15,16)17/h2-4,7H,5-6H2,1H3,(H,18,22)(H,19,23). The van der Waals surface area contributed by atoms with Gasteiger partial charge in [0.05, 0.1) is 7.11 Å². The zero-order valence-corrected chi connectivity index (χ0v) is 12.9. The van der Waals surface area contributed by atoms with Crippen LogP contribution in [-0.4, -0.2) is 42.3 Å². The molecule has 0 unspecified atom stereocenters. The fourth-order valence-electron chi connectivity index (χ4n) is 1.77. The van der Waals surface area contributed by atoms with E-state index in [1.54, 1.807) is 0 Å². The minimum absolute atomic E-state index is 0.137. The third kappa shape index (κ3) is 4.93. The van der Waals surface area contributed by atoms with E-state index < -0.39 is 24.1 Å². The van der Waals surface area contributed by atoms with Gasteiger partial charge in [-0.15, -0.1) is 0 Å². The van der Waals surface area contributed by atoms with Gasteiger partial charge in [0.15, 0.2) is 0 Å². The zero-order valence-electron chi connectivity index (χ0n) is 12.9. The molecular weight excluding hydrogens is 345 g/mol. The molecule has 2 aromatic rings. The first-order valence-corrected chi connectivity index (χ1v) is 6.92. The summed E-state index contributed by atoms with van der Waals surface area (Å²) >= 11 is 0. The van der Waals surface area contributed by atoms with Gasteiger partial charge in [0, 0.05) is 24.2 Å². The van der Waals surface area contributed by atoms with Gasteiger partial charge in [-0.05, 0) is 12.1 Å². The van der Waals surface area contributed by atoms with E-state index in [4.69, 9.17) is 0 Å². The van der Waals surface area contributed by atoms with Crippen molar-refractivity contribution < 1.29 is 32.0 Å². The second kappa shape index (κ2) is 7.64. The van der Waals surface area contributed by atoms with Crippen molar-refractivity contribution >= 4 is 12.0 Å². The molecular formula is C14H13F3N4O4. The molecule has 134 valence electrons. The lowest BCUT2D eigenvalue weighted by molar-refractivity contribution is -0.159. The first-order valence-electron chi connectivity index (χ1n) is 6.92. The van der Waals surface area contributed by atoms with E-state index in [1.165, 1.54) is 31.4 Å². The van der Waals surface area contributed by atoms with Gasteiger partial charge in [0.1, 0.15) is 0 Å². The third-order valence-electron chi connectivity index (χ3n) is 2.92. The lowest BCUT2D eigenvalue weighted by atomic mass is 10.1. The molecule has 0 fully saturated rings. The molecule has 0 aliphatic carbocycles. The molecule has 0 saturated heterocycles. The summed E-state index contributed by atoms with van der Waals surface area (Å²) in [7, 11) is 1.21. The van der Waals surface area contributed by atoms with Crippen molar-refractivity contribution in [3.63, 3.8) is 0 Å². The molecule has 1 aromatic carbocycles. The molecule has 0 saturated carbocycles.